The first-order valence-electron chi connectivity index (χ1n) is 12.7. The van der Waals surface area contributed by atoms with Crippen molar-refractivity contribution in [1.29, 1.82) is 0 Å². The van der Waals surface area contributed by atoms with E-state index in [4.69, 9.17) is 4.74 Å². The average molecular weight is 467 g/mol. The second-order valence-electron chi connectivity index (χ2n) is 10.8. The van der Waals surface area contributed by atoms with Crippen molar-refractivity contribution in [3.8, 4) is 5.75 Å². The van der Waals surface area contributed by atoms with Crippen molar-refractivity contribution in [2.75, 3.05) is 39.9 Å². The Morgan fingerprint density at radius 2 is 1.88 bits per heavy atom. The van der Waals surface area contributed by atoms with E-state index in [1.165, 1.54) is 24.0 Å². The summed E-state index contributed by atoms with van der Waals surface area (Å²) in [4.78, 5) is 16.9. The molecule has 0 aromatic heterocycles. The molecule has 1 aliphatic rings. The van der Waals surface area contributed by atoms with Gasteiger partial charge in [0.2, 0.25) is 0 Å². The Labute approximate surface area is 205 Å². The van der Waals surface area contributed by atoms with Crippen molar-refractivity contribution in [3.63, 3.8) is 0 Å². The van der Waals surface area contributed by atoms with Crippen molar-refractivity contribution in [2.24, 2.45) is 5.41 Å². The lowest BCUT2D eigenvalue weighted by atomic mass is 9.92. The zero-order valence-corrected chi connectivity index (χ0v) is 21.5. The van der Waals surface area contributed by atoms with E-state index in [1.807, 2.05) is 18.2 Å². The largest absolute Gasteiger partial charge is 0.493 e. The Morgan fingerprint density at radius 1 is 1.09 bits per heavy atom. The molecule has 5 nitrogen and oxygen atoms in total. The number of ether oxygens (including phenoxy) is 1. The van der Waals surface area contributed by atoms with Gasteiger partial charge in [-0.1, -0.05) is 45.0 Å². The van der Waals surface area contributed by atoms with Gasteiger partial charge in [0.25, 0.3) is 5.91 Å². The number of aliphatic hydroxyl groups excluding tert-OH is 1. The maximum absolute atomic E-state index is 12.8. The summed E-state index contributed by atoms with van der Waals surface area (Å²) in [5, 5.41) is 9.20. The van der Waals surface area contributed by atoms with Crippen LogP contribution in [-0.4, -0.2) is 60.7 Å². The lowest BCUT2D eigenvalue weighted by Crippen LogP contribution is -2.29. The van der Waals surface area contributed by atoms with Gasteiger partial charge in [-0.15, -0.1) is 0 Å². The molecule has 2 aromatic rings. The van der Waals surface area contributed by atoms with Gasteiger partial charge in [0.05, 0.1) is 13.2 Å². The lowest BCUT2D eigenvalue weighted by Gasteiger charge is -2.27. The highest BCUT2D eigenvalue weighted by atomic mass is 16.5. The second-order valence-corrected chi connectivity index (χ2v) is 10.8. The number of hydrogen-bond acceptors (Lipinski definition) is 4. The van der Waals surface area contributed by atoms with Gasteiger partial charge in [0, 0.05) is 32.1 Å². The minimum absolute atomic E-state index is 0.0458. The number of benzene rings is 2. The summed E-state index contributed by atoms with van der Waals surface area (Å²) >= 11 is 0. The van der Waals surface area contributed by atoms with E-state index in [2.05, 4.69) is 49.9 Å². The fourth-order valence-electron chi connectivity index (χ4n) is 4.34. The molecule has 0 atom stereocenters. The van der Waals surface area contributed by atoms with E-state index in [0.29, 0.717) is 24.1 Å². The van der Waals surface area contributed by atoms with Crippen molar-refractivity contribution in [3.05, 3.63) is 64.7 Å². The quantitative estimate of drug-likeness (QED) is 0.663. The van der Waals surface area contributed by atoms with Crippen LogP contribution in [0.25, 0.3) is 0 Å². The van der Waals surface area contributed by atoms with Gasteiger partial charge in [0.15, 0.2) is 0 Å². The molecule has 34 heavy (non-hydrogen) atoms. The van der Waals surface area contributed by atoms with Gasteiger partial charge < -0.3 is 14.7 Å². The topological polar surface area (TPSA) is 53.0 Å². The third-order valence-electron chi connectivity index (χ3n) is 6.44. The van der Waals surface area contributed by atoms with Crippen LogP contribution in [0.4, 0.5) is 0 Å². The highest BCUT2D eigenvalue weighted by Crippen LogP contribution is 2.26. The molecule has 0 saturated heterocycles. The molecule has 0 aliphatic carbocycles. The molecule has 5 heteroatoms. The maximum Gasteiger partial charge on any atom is 0.253 e. The fourth-order valence-corrected chi connectivity index (χ4v) is 4.34. The van der Waals surface area contributed by atoms with Crippen LogP contribution in [0.15, 0.2) is 42.5 Å². The summed E-state index contributed by atoms with van der Waals surface area (Å²) < 4.78 is 6.19. The first-order chi connectivity index (χ1) is 16.2. The molecule has 1 heterocycles. The number of nitrogens with zero attached hydrogens (tertiary/aromatic N) is 2. The number of carbonyl (C=O) groups excluding carboxylic acids is 1. The minimum atomic E-state index is -0.0838. The molecule has 3 rings (SSSR count). The molecular formula is C29H42N2O3. The normalized spacial score (nSPS) is 15.7. The summed E-state index contributed by atoms with van der Waals surface area (Å²) in [6, 6.07) is 14.5. The zero-order valence-electron chi connectivity index (χ0n) is 21.5. The van der Waals surface area contributed by atoms with Gasteiger partial charge in [-0.3, -0.25) is 9.69 Å². The summed E-state index contributed by atoms with van der Waals surface area (Å²) in [6.07, 6.45) is 5.24. The Balaban J connectivity index is 1.85. The number of rotatable bonds is 5. The first-order valence-corrected chi connectivity index (χ1v) is 12.7. The standard InChI is InChI=1S/C29H42N2O3/c1-29(2,3)13-15-31-14-6-5-7-18-34-27-12-11-25(28(33)30(4)16-17-32)21-26(27)20-23-9-8-10-24(19-23)22-31/h8-12,19,21,32H,5-7,13-18,20,22H2,1-4H3. The highest BCUT2D eigenvalue weighted by molar-refractivity contribution is 5.94. The van der Waals surface area contributed by atoms with E-state index in [1.54, 1.807) is 11.9 Å². The third kappa shape index (κ3) is 8.14. The van der Waals surface area contributed by atoms with Crippen LogP contribution >= 0.6 is 0 Å². The number of fused-ring (bicyclic) bond motifs is 3. The minimum Gasteiger partial charge on any atom is -0.493 e. The number of aliphatic hydroxyl groups is 1. The Kier molecular flexibility index (Phi) is 9.54. The molecule has 0 fully saturated rings. The number of hydrogen-bond donors (Lipinski definition) is 1. The summed E-state index contributed by atoms with van der Waals surface area (Å²) in [5.41, 5.74) is 4.55. The van der Waals surface area contributed by atoms with Crippen molar-refractivity contribution >= 4 is 5.91 Å². The molecular weight excluding hydrogens is 424 g/mol. The van der Waals surface area contributed by atoms with E-state index < -0.39 is 0 Å². The molecule has 2 bridgehead atoms. The molecule has 0 spiro atoms. The Morgan fingerprint density at radius 3 is 2.65 bits per heavy atom. The van der Waals surface area contributed by atoms with Crippen LogP contribution < -0.4 is 4.74 Å². The van der Waals surface area contributed by atoms with Gasteiger partial charge in [-0.25, -0.2) is 0 Å². The molecule has 0 unspecified atom stereocenters. The lowest BCUT2D eigenvalue weighted by molar-refractivity contribution is 0.0767. The van der Waals surface area contributed by atoms with Gasteiger partial charge in [-0.2, -0.15) is 0 Å². The van der Waals surface area contributed by atoms with Gasteiger partial charge >= 0.3 is 0 Å². The Hall–Kier alpha value is -2.37. The molecule has 0 radical (unpaired) electrons. The molecule has 2 aromatic carbocycles. The summed E-state index contributed by atoms with van der Waals surface area (Å²) in [7, 11) is 1.72. The summed E-state index contributed by atoms with van der Waals surface area (Å²) in [6.45, 7) is 11.1. The van der Waals surface area contributed by atoms with Crippen LogP contribution in [0, 0.1) is 5.41 Å². The van der Waals surface area contributed by atoms with E-state index >= 15 is 0 Å². The van der Waals surface area contributed by atoms with Gasteiger partial charge in [-0.05, 0) is 79.1 Å². The molecule has 1 amide bonds. The second kappa shape index (κ2) is 12.4. The van der Waals surface area contributed by atoms with Crippen LogP contribution in [0.3, 0.4) is 0 Å². The van der Waals surface area contributed by atoms with E-state index in [9.17, 15) is 9.90 Å². The Bertz CT molecular complexity index is 935. The van der Waals surface area contributed by atoms with Crippen LogP contribution in [0.5, 0.6) is 5.75 Å². The van der Waals surface area contributed by atoms with E-state index in [-0.39, 0.29) is 12.5 Å². The third-order valence-corrected chi connectivity index (χ3v) is 6.44. The average Bonchev–Trinajstić information content (AvgIpc) is 2.79. The first kappa shape index (κ1) is 26.2. The van der Waals surface area contributed by atoms with Crippen molar-refractivity contribution < 1.29 is 14.6 Å². The van der Waals surface area contributed by atoms with Gasteiger partial charge in [0.1, 0.15) is 5.75 Å². The molecule has 186 valence electrons. The number of amides is 1. The number of carbonyl (C=O) groups is 1. The predicted molar refractivity (Wildman–Crippen MR) is 138 cm³/mol. The smallest absolute Gasteiger partial charge is 0.253 e. The SMILES string of the molecule is CN(CCO)C(=O)c1ccc2c(c1)Cc1cccc(c1)CN(CCC(C)(C)C)CCCCCO2. The fraction of sp³-hybridized carbons (Fsp3) is 0.552. The molecule has 0 saturated carbocycles. The molecule has 1 N–H and O–H groups in total. The van der Waals surface area contributed by atoms with Crippen molar-refractivity contribution in [2.45, 2.75) is 59.4 Å². The monoisotopic (exact) mass is 466 g/mol. The summed E-state index contributed by atoms with van der Waals surface area (Å²) in [5.74, 6) is 0.773. The van der Waals surface area contributed by atoms with Crippen molar-refractivity contribution in [1.82, 2.24) is 9.80 Å². The maximum atomic E-state index is 12.8. The predicted octanol–water partition coefficient (Wildman–Crippen LogP) is 5.14. The van der Waals surface area contributed by atoms with Crippen LogP contribution in [-0.2, 0) is 13.0 Å². The number of likely N-dealkylation sites (N-methyl/N-ethyl adjacent to an activating group) is 1. The zero-order chi connectivity index (χ0) is 24.6. The highest BCUT2D eigenvalue weighted by Gasteiger charge is 2.17. The van der Waals surface area contributed by atoms with E-state index in [0.717, 1.165) is 50.2 Å². The van der Waals surface area contributed by atoms with Crippen LogP contribution in [0.1, 0.15) is 73.5 Å². The molecule has 1 aliphatic heterocycles. The van der Waals surface area contributed by atoms with Crippen LogP contribution in [0.2, 0.25) is 0 Å².